The minimum atomic E-state index is -0.324. The fourth-order valence-electron chi connectivity index (χ4n) is 3.73. The molecule has 2 amide bonds. The number of hydrogen-bond acceptors (Lipinski definition) is 6. The highest BCUT2D eigenvalue weighted by atomic mass is 16.6. The monoisotopic (exact) mass is 399 g/mol. The van der Waals surface area contributed by atoms with Gasteiger partial charge in [0.2, 0.25) is 5.91 Å². The van der Waals surface area contributed by atoms with E-state index in [1.165, 1.54) is 0 Å². The van der Waals surface area contributed by atoms with E-state index in [2.05, 4.69) is 11.2 Å². The molecule has 0 saturated carbocycles. The first kappa shape index (κ1) is 19.3. The third-order valence-electron chi connectivity index (χ3n) is 5.23. The van der Waals surface area contributed by atoms with Gasteiger partial charge in [-0.05, 0) is 37.6 Å². The van der Waals surface area contributed by atoms with Crippen LogP contribution in [-0.4, -0.2) is 65.8 Å². The van der Waals surface area contributed by atoms with E-state index in [0.29, 0.717) is 44.2 Å². The first-order valence-corrected chi connectivity index (χ1v) is 9.98. The normalized spacial score (nSPS) is 18.3. The molecule has 0 aliphatic carbocycles. The molecule has 154 valence electrons. The van der Waals surface area contributed by atoms with Crippen LogP contribution in [0.15, 0.2) is 28.8 Å². The van der Waals surface area contributed by atoms with Crippen LogP contribution >= 0.6 is 0 Å². The first-order chi connectivity index (χ1) is 14.0. The highest BCUT2D eigenvalue weighted by molar-refractivity contribution is 5.79. The summed E-state index contributed by atoms with van der Waals surface area (Å²) < 4.78 is 16.2. The Balaban J connectivity index is 1.34. The Kier molecular flexibility index (Phi) is 5.42. The molecule has 8 heteroatoms. The summed E-state index contributed by atoms with van der Waals surface area (Å²) in [6, 6.07) is 7.76. The smallest absolute Gasteiger partial charge is 0.409 e. The van der Waals surface area contributed by atoms with Crippen molar-refractivity contribution in [2.24, 2.45) is 0 Å². The molecule has 1 aromatic heterocycles. The quantitative estimate of drug-likeness (QED) is 0.785. The van der Waals surface area contributed by atoms with Crippen LogP contribution in [0.25, 0.3) is 11.3 Å². The highest BCUT2D eigenvalue weighted by Crippen LogP contribution is 2.33. The van der Waals surface area contributed by atoms with Gasteiger partial charge >= 0.3 is 6.09 Å². The molecule has 3 heterocycles. The van der Waals surface area contributed by atoms with Gasteiger partial charge in [0.25, 0.3) is 0 Å². The molecule has 0 spiro atoms. The number of amides is 2. The molecule has 2 aliphatic rings. The Morgan fingerprint density at radius 3 is 2.69 bits per heavy atom. The standard InChI is InChI=1S/C21H25N3O5/c1-3-27-21(26)24-8-6-23(7-9-24)20(25)13-17-12-19(29-22-17)15-4-5-18-16(11-15)10-14(2)28-18/h4-5,11-12,14H,3,6-10,13H2,1-2H3. The summed E-state index contributed by atoms with van der Waals surface area (Å²) in [5.74, 6) is 1.53. The molecule has 2 aromatic rings. The second-order valence-electron chi connectivity index (χ2n) is 7.38. The SMILES string of the molecule is CCOC(=O)N1CCN(C(=O)Cc2cc(-c3ccc4c(c3)CC(C)O4)on2)CC1. The molecule has 1 unspecified atom stereocenters. The number of hydrogen-bond donors (Lipinski definition) is 0. The summed E-state index contributed by atoms with van der Waals surface area (Å²) in [5.41, 5.74) is 2.68. The van der Waals surface area contributed by atoms with Crippen LogP contribution in [0.1, 0.15) is 25.1 Å². The zero-order valence-corrected chi connectivity index (χ0v) is 16.7. The lowest BCUT2D eigenvalue weighted by atomic mass is 10.1. The average molecular weight is 399 g/mol. The maximum absolute atomic E-state index is 12.6. The highest BCUT2D eigenvalue weighted by Gasteiger charge is 2.26. The van der Waals surface area contributed by atoms with E-state index in [9.17, 15) is 9.59 Å². The Morgan fingerprint density at radius 2 is 1.93 bits per heavy atom. The maximum atomic E-state index is 12.6. The fraction of sp³-hybridized carbons (Fsp3) is 0.476. The first-order valence-electron chi connectivity index (χ1n) is 9.98. The number of ether oxygens (including phenoxy) is 2. The lowest BCUT2D eigenvalue weighted by Crippen LogP contribution is -2.51. The van der Waals surface area contributed by atoms with E-state index in [-0.39, 0.29) is 24.5 Å². The summed E-state index contributed by atoms with van der Waals surface area (Å²) in [5, 5.41) is 4.07. The van der Waals surface area contributed by atoms with Gasteiger partial charge in [-0.15, -0.1) is 0 Å². The lowest BCUT2D eigenvalue weighted by Gasteiger charge is -2.33. The lowest BCUT2D eigenvalue weighted by molar-refractivity contribution is -0.132. The molecule has 29 heavy (non-hydrogen) atoms. The minimum Gasteiger partial charge on any atom is -0.490 e. The van der Waals surface area contributed by atoms with Crippen molar-refractivity contribution in [2.75, 3.05) is 32.8 Å². The molecule has 8 nitrogen and oxygen atoms in total. The summed E-state index contributed by atoms with van der Waals surface area (Å²) in [7, 11) is 0. The number of piperazine rings is 1. The number of carbonyl (C=O) groups is 2. The fourth-order valence-corrected chi connectivity index (χ4v) is 3.73. The van der Waals surface area contributed by atoms with E-state index in [0.717, 1.165) is 23.3 Å². The molecule has 0 N–H and O–H groups in total. The minimum absolute atomic E-state index is 0.0236. The van der Waals surface area contributed by atoms with E-state index >= 15 is 0 Å². The number of benzene rings is 1. The van der Waals surface area contributed by atoms with Crippen LogP contribution in [0, 0.1) is 0 Å². The van der Waals surface area contributed by atoms with Crippen LogP contribution in [0.3, 0.4) is 0 Å². The van der Waals surface area contributed by atoms with Crippen molar-refractivity contribution in [2.45, 2.75) is 32.8 Å². The van der Waals surface area contributed by atoms with E-state index in [4.69, 9.17) is 14.0 Å². The van der Waals surface area contributed by atoms with Gasteiger partial charge in [0, 0.05) is 44.2 Å². The van der Waals surface area contributed by atoms with E-state index in [1.807, 2.05) is 25.1 Å². The van der Waals surface area contributed by atoms with Gasteiger partial charge in [-0.1, -0.05) is 5.16 Å². The van der Waals surface area contributed by atoms with Crippen molar-refractivity contribution in [3.63, 3.8) is 0 Å². The van der Waals surface area contributed by atoms with Crippen molar-refractivity contribution in [3.8, 4) is 17.1 Å². The number of fused-ring (bicyclic) bond motifs is 1. The largest absolute Gasteiger partial charge is 0.490 e. The third kappa shape index (κ3) is 4.21. The van der Waals surface area contributed by atoms with Crippen molar-refractivity contribution >= 4 is 12.0 Å². The molecular weight excluding hydrogens is 374 g/mol. The summed E-state index contributed by atoms with van der Waals surface area (Å²) in [6.45, 7) is 6.11. The summed E-state index contributed by atoms with van der Waals surface area (Å²) >= 11 is 0. The van der Waals surface area contributed by atoms with Gasteiger partial charge in [0.15, 0.2) is 5.76 Å². The Hall–Kier alpha value is -3.03. The van der Waals surface area contributed by atoms with Crippen LogP contribution in [-0.2, 0) is 22.4 Å². The van der Waals surface area contributed by atoms with Crippen molar-refractivity contribution < 1.29 is 23.6 Å². The number of carbonyl (C=O) groups excluding carboxylic acids is 2. The Labute approximate surface area is 169 Å². The van der Waals surface area contributed by atoms with Gasteiger partial charge in [-0.3, -0.25) is 4.79 Å². The van der Waals surface area contributed by atoms with Crippen molar-refractivity contribution in [3.05, 3.63) is 35.5 Å². The second-order valence-corrected chi connectivity index (χ2v) is 7.38. The van der Waals surface area contributed by atoms with E-state index in [1.54, 1.807) is 16.7 Å². The molecule has 1 fully saturated rings. The predicted octanol–water partition coefficient (Wildman–Crippen LogP) is 2.51. The van der Waals surface area contributed by atoms with Gasteiger partial charge in [0.1, 0.15) is 11.9 Å². The third-order valence-corrected chi connectivity index (χ3v) is 5.23. The molecule has 2 aliphatic heterocycles. The summed E-state index contributed by atoms with van der Waals surface area (Å²) in [6.07, 6.45) is 0.913. The Morgan fingerprint density at radius 1 is 1.17 bits per heavy atom. The zero-order chi connectivity index (χ0) is 20.4. The maximum Gasteiger partial charge on any atom is 0.409 e. The molecular formula is C21H25N3O5. The number of aromatic nitrogens is 1. The molecule has 0 bridgehead atoms. The van der Waals surface area contributed by atoms with Gasteiger partial charge in [-0.25, -0.2) is 4.79 Å². The molecule has 0 radical (unpaired) electrons. The zero-order valence-electron chi connectivity index (χ0n) is 16.7. The molecule has 1 saturated heterocycles. The summed E-state index contributed by atoms with van der Waals surface area (Å²) in [4.78, 5) is 27.7. The Bertz CT molecular complexity index is 901. The predicted molar refractivity (Wildman–Crippen MR) is 105 cm³/mol. The van der Waals surface area contributed by atoms with Crippen molar-refractivity contribution in [1.82, 2.24) is 15.0 Å². The second kappa shape index (κ2) is 8.14. The molecule has 1 aromatic carbocycles. The van der Waals surface area contributed by atoms with Gasteiger partial charge in [-0.2, -0.15) is 0 Å². The average Bonchev–Trinajstić information content (AvgIpc) is 3.33. The van der Waals surface area contributed by atoms with E-state index < -0.39 is 0 Å². The number of nitrogens with zero attached hydrogens (tertiary/aromatic N) is 3. The van der Waals surface area contributed by atoms with Crippen LogP contribution < -0.4 is 4.74 Å². The van der Waals surface area contributed by atoms with Gasteiger partial charge < -0.3 is 23.8 Å². The topological polar surface area (TPSA) is 85.1 Å². The van der Waals surface area contributed by atoms with Crippen molar-refractivity contribution in [1.29, 1.82) is 0 Å². The van der Waals surface area contributed by atoms with Crippen LogP contribution in [0.5, 0.6) is 5.75 Å². The van der Waals surface area contributed by atoms with Gasteiger partial charge in [0.05, 0.1) is 18.7 Å². The molecule has 1 atom stereocenters. The molecule has 4 rings (SSSR count). The van der Waals surface area contributed by atoms with Crippen LogP contribution in [0.4, 0.5) is 4.79 Å². The van der Waals surface area contributed by atoms with Crippen LogP contribution in [0.2, 0.25) is 0 Å². The number of rotatable bonds is 4.